The van der Waals surface area contributed by atoms with Crippen molar-refractivity contribution in [2.24, 2.45) is 0 Å². The van der Waals surface area contributed by atoms with Crippen LogP contribution in [0.5, 0.6) is 5.75 Å². The lowest BCUT2D eigenvalue weighted by molar-refractivity contribution is 0.0696. The van der Waals surface area contributed by atoms with Crippen LogP contribution in [0.2, 0.25) is 0 Å². The van der Waals surface area contributed by atoms with Crippen molar-refractivity contribution in [2.45, 2.75) is 20.5 Å². The van der Waals surface area contributed by atoms with Gasteiger partial charge in [0.1, 0.15) is 11.6 Å². The van der Waals surface area contributed by atoms with Gasteiger partial charge in [-0.05, 0) is 54.8 Å². The van der Waals surface area contributed by atoms with Gasteiger partial charge in [-0.3, -0.25) is 0 Å². The number of carboxylic acid groups (broad SMARTS) is 1. The third-order valence-corrected chi connectivity index (χ3v) is 3.57. The molecule has 0 atom stereocenters. The van der Waals surface area contributed by atoms with E-state index in [0.29, 0.717) is 34.6 Å². The average Bonchev–Trinajstić information content (AvgIpc) is 2.55. The third-order valence-electron chi connectivity index (χ3n) is 3.57. The summed E-state index contributed by atoms with van der Waals surface area (Å²) in [5.74, 6) is -0.841. The van der Waals surface area contributed by atoms with Crippen molar-refractivity contribution in [1.82, 2.24) is 0 Å². The number of carboxylic acids is 1. The lowest BCUT2D eigenvalue weighted by Gasteiger charge is -2.14. The summed E-state index contributed by atoms with van der Waals surface area (Å²) in [6.07, 6.45) is 0. The van der Waals surface area contributed by atoms with Crippen LogP contribution in [-0.2, 0) is 11.3 Å². The Bertz CT molecular complexity index is 725. The van der Waals surface area contributed by atoms with Gasteiger partial charge in [-0.25, -0.2) is 9.18 Å². The van der Waals surface area contributed by atoms with E-state index in [0.717, 1.165) is 0 Å². The fraction of sp³-hybridized carbons (Fsp3) is 0.278. The van der Waals surface area contributed by atoms with Crippen molar-refractivity contribution in [3.63, 3.8) is 0 Å². The van der Waals surface area contributed by atoms with E-state index in [-0.39, 0.29) is 18.0 Å². The van der Waals surface area contributed by atoms with E-state index >= 15 is 0 Å². The molecule has 0 aliphatic heterocycles. The van der Waals surface area contributed by atoms with Gasteiger partial charge >= 0.3 is 5.97 Å². The fourth-order valence-corrected chi connectivity index (χ4v) is 2.37. The summed E-state index contributed by atoms with van der Waals surface area (Å²) in [6, 6.07) is 7.80. The Kier molecular flexibility index (Phi) is 5.34. The van der Waals surface area contributed by atoms with Crippen LogP contribution in [0.25, 0.3) is 11.1 Å². The third kappa shape index (κ3) is 3.68. The van der Waals surface area contributed by atoms with Crippen LogP contribution >= 0.6 is 0 Å². The molecule has 23 heavy (non-hydrogen) atoms. The molecule has 0 heterocycles. The van der Waals surface area contributed by atoms with Crippen molar-refractivity contribution >= 4 is 5.97 Å². The van der Waals surface area contributed by atoms with Gasteiger partial charge in [-0.15, -0.1) is 0 Å². The molecule has 2 rings (SSSR count). The summed E-state index contributed by atoms with van der Waals surface area (Å²) in [7, 11) is 1.52. The Labute approximate surface area is 134 Å². The molecular formula is C18H19FO4. The van der Waals surface area contributed by atoms with Gasteiger partial charge in [-0.1, -0.05) is 6.07 Å². The maximum absolute atomic E-state index is 14.6. The molecule has 122 valence electrons. The zero-order valence-corrected chi connectivity index (χ0v) is 13.4. The molecule has 0 fully saturated rings. The molecule has 0 radical (unpaired) electrons. The van der Waals surface area contributed by atoms with E-state index in [2.05, 4.69) is 0 Å². The zero-order chi connectivity index (χ0) is 17.0. The highest BCUT2D eigenvalue weighted by Gasteiger charge is 2.16. The fourth-order valence-electron chi connectivity index (χ4n) is 2.37. The Hall–Kier alpha value is -2.40. The molecule has 4 nitrogen and oxygen atoms in total. The first-order chi connectivity index (χ1) is 11.0. The molecule has 0 unspecified atom stereocenters. The summed E-state index contributed by atoms with van der Waals surface area (Å²) >= 11 is 0. The predicted molar refractivity (Wildman–Crippen MR) is 85.4 cm³/mol. The minimum absolute atomic E-state index is 0.142. The number of hydrogen-bond donors (Lipinski definition) is 1. The van der Waals surface area contributed by atoms with Gasteiger partial charge in [0.2, 0.25) is 0 Å². The molecule has 0 spiro atoms. The second-order valence-electron chi connectivity index (χ2n) is 5.12. The SMILES string of the molecule is CCOCc1cc(C(=O)O)ccc1-c1cc(OC)cc(C)c1F. The predicted octanol–water partition coefficient (Wildman–Crippen LogP) is 4.04. The number of methoxy groups -OCH3 is 1. The summed E-state index contributed by atoms with van der Waals surface area (Å²) in [6.45, 7) is 4.20. The molecule has 5 heteroatoms. The number of aryl methyl sites for hydroxylation is 1. The maximum Gasteiger partial charge on any atom is 0.335 e. The van der Waals surface area contributed by atoms with Crippen LogP contribution in [0.3, 0.4) is 0 Å². The number of halogens is 1. The van der Waals surface area contributed by atoms with Crippen LogP contribution in [-0.4, -0.2) is 24.8 Å². The average molecular weight is 318 g/mol. The van der Waals surface area contributed by atoms with E-state index in [1.807, 2.05) is 6.92 Å². The van der Waals surface area contributed by atoms with Crippen LogP contribution in [0.15, 0.2) is 30.3 Å². The number of hydrogen-bond acceptors (Lipinski definition) is 3. The lowest BCUT2D eigenvalue weighted by Crippen LogP contribution is -2.02. The molecule has 2 aromatic rings. The van der Waals surface area contributed by atoms with Crippen LogP contribution in [0.4, 0.5) is 4.39 Å². The van der Waals surface area contributed by atoms with Crippen molar-refractivity contribution in [3.05, 3.63) is 52.8 Å². The standard InChI is InChI=1S/C18H19FO4/c1-4-23-10-13-8-12(18(20)21)5-6-15(13)16-9-14(22-3)7-11(2)17(16)19/h5-9H,4,10H2,1-3H3,(H,20,21). The maximum atomic E-state index is 14.6. The zero-order valence-electron chi connectivity index (χ0n) is 13.4. The highest BCUT2D eigenvalue weighted by Crippen LogP contribution is 2.32. The summed E-state index contributed by atoms with van der Waals surface area (Å²) in [5.41, 5.74) is 2.20. The molecule has 1 N–H and O–H groups in total. The molecular weight excluding hydrogens is 299 g/mol. The molecule has 0 amide bonds. The van der Waals surface area contributed by atoms with Crippen LogP contribution < -0.4 is 4.74 Å². The first kappa shape index (κ1) is 17.0. The molecule has 2 aromatic carbocycles. The first-order valence-corrected chi connectivity index (χ1v) is 7.26. The van der Waals surface area contributed by atoms with Gasteiger partial charge in [0.05, 0.1) is 19.3 Å². The van der Waals surface area contributed by atoms with Gasteiger partial charge < -0.3 is 14.6 Å². The largest absolute Gasteiger partial charge is 0.497 e. The second kappa shape index (κ2) is 7.24. The summed E-state index contributed by atoms with van der Waals surface area (Å²) in [5, 5.41) is 9.14. The number of rotatable bonds is 6. The summed E-state index contributed by atoms with van der Waals surface area (Å²) < 4.78 is 25.2. The van der Waals surface area contributed by atoms with E-state index in [4.69, 9.17) is 14.6 Å². The van der Waals surface area contributed by atoms with Gasteiger partial charge in [-0.2, -0.15) is 0 Å². The number of benzene rings is 2. The van der Waals surface area contributed by atoms with Crippen molar-refractivity contribution < 1.29 is 23.8 Å². The Balaban J connectivity index is 2.62. The highest BCUT2D eigenvalue weighted by molar-refractivity contribution is 5.89. The minimum atomic E-state index is -1.03. The number of aromatic carboxylic acids is 1. The Morgan fingerprint density at radius 1 is 1.22 bits per heavy atom. The normalized spacial score (nSPS) is 10.6. The van der Waals surface area contributed by atoms with Gasteiger partial charge in [0, 0.05) is 12.2 Å². The molecule has 0 aliphatic rings. The van der Waals surface area contributed by atoms with Gasteiger partial charge in [0.15, 0.2) is 0 Å². The van der Waals surface area contributed by atoms with E-state index < -0.39 is 5.97 Å². The molecule has 0 saturated carbocycles. The van der Waals surface area contributed by atoms with E-state index in [9.17, 15) is 9.18 Å². The van der Waals surface area contributed by atoms with Crippen molar-refractivity contribution in [3.8, 4) is 16.9 Å². The lowest BCUT2D eigenvalue weighted by atomic mass is 9.95. The number of ether oxygens (including phenoxy) is 2. The Morgan fingerprint density at radius 2 is 1.96 bits per heavy atom. The van der Waals surface area contributed by atoms with E-state index in [1.54, 1.807) is 25.1 Å². The Morgan fingerprint density at radius 3 is 2.57 bits per heavy atom. The second-order valence-corrected chi connectivity index (χ2v) is 5.12. The molecule has 0 aliphatic carbocycles. The number of carbonyl (C=O) groups is 1. The van der Waals surface area contributed by atoms with Crippen molar-refractivity contribution in [2.75, 3.05) is 13.7 Å². The molecule has 0 aromatic heterocycles. The molecule has 0 bridgehead atoms. The summed E-state index contributed by atoms with van der Waals surface area (Å²) in [4.78, 5) is 11.2. The topological polar surface area (TPSA) is 55.8 Å². The highest BCUT2D eigenvalue weighted by atomic mass is 19.1. The smallest absolute Gasteiger partial charge is 0.335 e. The first-order valence-electron chi connectivity index (χ1n) is 7.26. The minimum Gasteiger partial charge on any atom is -0.497 e. The van der Waals surface area contributed by atoms with E-state index in [1.165, 1.54) is 19.2 Å². The van der Waals surface area contributed by atoms with Crippen LogP contribution in [0, 0.1) is 12.7 Å². The molecule has 0 saturated heterocycles. The monoisotopic (exact) mass is 318 g/mol. The van der Waals surface area contributed by atoms with Crippen LogP contribution in [0.1, 0.15) is 28.4 Å². The quantitative estimate of drug-likeness (QED) is 0.873. The van der Waals surface area contributed by atoms with Gasteiger partial charge in [0.25, 0.3) is 0 Å². The van der Waals surface area contributed by atoms with Crippen molar-refractivity contribution in [1.29, 1.82) is 0 Å².